The molecule has 14 heteroatoms. The van der Waals surface area contributed by atoms with E-state index in [9.17, 15) is 34.2 Å². The molecule has 14 nitrogen and oxygen atoms in total. The second kappa shape index (κ2) is 14.3. The minimum absolute atomic E-state index is 0.135. The van der Waals surface area contributed by atoms with E-state index in [0.29, 0.717) is 5.69 Å². The summed E-state index contributed by atoms with van der Waals surface area (Å²) in [5.41, 5.74) is 7.15. The molecule has 2 rings (SSSR count). The van der Waals surface area contributed by atoms with E-state index in [1.54, 1.807) is 30.3 Å². The third-order valence-electron chi connectivity index (χ3n) is 5.32. The van der Waals surface area contributed by atoms with Crippen molar-refractivity contribution in [3.63, 3.8) is 0 Å². The highest BCUT2D eigenvalue weighted by Crippen LogP contribution is 2.05. The molecule has 1 aromatic heterocycles. The number of carboxylic acids is 2. The highest BCUT2D eigenvalue weighted by Gasteiger charge is 2.30. The smallest absolute Gasteiger partial charge is 0.326 e. The monoisotopic (exact) mass is 518 g/mol. The molecule has 4 atom stereocenters. The van der Waals surface area contributed by atoms with Gasteiger partial charge in [0.05, 0.1) is 19.0 Å². The van der Waals surface area contributed by atoms with Gasteiger partial charge in [0, 0.05) is 24.7 Å². The Morgan fingerprint density at radius 3 is 2.08 bits per heavy atom. The summed E-state index contributed by atoms with van der Waals surface area (Å²) in [5, 5.41) is 34.9. The molecule has 0 bridgehead atoms. The molecule has 4 unspecified atom stereocenters. The summed E-state index contributed by atoms with van der Waals surface area (Å²) in [5.74, 6) is -5.24. The molecule has 200 valence electrons. The summed E-state index contributed by atoms with van der Waals surface area (Å²) in [7, 11) is 0. The number of benzene rings is 1. The third-order valence-corrected chi connectivity index (χ3v) is 5.32. The number of aromatic amines is 1. The van der Waals surface area contributed by atoms with Crippen LogP contribution >= 0.6 is 0 Å². The van der Waals surface area contributed by atoms with Crippen LogP contribution in [0.15, 0.2) is 42.9 Å². The van der Waals surface area contributed by atoms with Crippen LogP contribution in [-0.4, -0.2) is 85.7 Å². The molecule has 0 saturated heterocycles. The van der Waals surface area contributed by atoms with E-state index in [1.807, 2.05) is 0 Å². The number of H-pyrrole nitrogens is 1. The van der Waals surface area contributed by atoms with Crippen LogP contribution in [0.5, 0.6) is 0 Å². The standard InChI is InChI=1S/C23H30N6O8/c24-15(8-13-4-2-1-3-5-13)20(33)27-16(6-7-19(31)32)21(34)29-18(11-30)22(35)28-17(23(36)37)9-14-10-25-12-26-14/h1-5,10,12,15-18,30H,6-9,11,24H2,(H,25,26)(H,27,33)(H,28,35)(H,29,34)(H,31,32)(H,36,37). The molecule has 1 heterocycles. The fraction of sp³-hybridized carbons (Fsp3) is 0.391. The van der Waals surface area contributed by atoms with E-state index >= 15 is 0 Å². The molecule has 2 aromatic rings. The minimum atomic E-state index is -1.57. The summed E-state index contributed by atoms with van der Waals surface area (Å²) >= 11 is 0. The number of nitrogens with zero attached hydrogens (tertiary/aromatic N) is 1. The summed E-state index contributed by atoms with van der Waals surface area (Å²) in [6, 6.07) is 3.48. The molecular formula is C23H30N6O8. The number of aliphatic hydroxyl groups is 1. The Labute approximate surface area is 211 Å². The van der Waals surface area contributed by atoms with Crippen LogP contribution in [0.25, 0.3) is 0 Å². The zero-order valence-corrected chi connectivity index (χ0v) is 19.8. The largest absolute Gasteiger partial charge is 0.481 e. The van der Waals surface area contributed by atoms with Crippen molar-refractivity contribution in [1.82, 2.24) is 25.9 Å². The van der Waals surface area contributed by atoms with E-state index in [4.69, 9.17) is 10.8 Å². The molecule has 0 radical (unpaired) electrons. The predicted molar refractivity (Wildman–Crippen MR) is 128 cm³/mol. The van der Waals surface area contributed by atoms with Gasteiger partial charge < -0.3 is 42.0 Å². The van der Waals surface area contributed by atoms with Crippen molar-refractivity contribution in [2.75, 3.05) is 6.61 Å². The first-order chi connectivity index (χ1) is 17.6. The van der Waals surface area contributed by atoms with Crippen molar-refractivity contribution >= 4 is 29.7 Å². The third kappa shape index (κ3) is 9.70. The van der Waals surface area contributed by atoms with Crippen LogP contribution in [0.3, 0.4) is 0 Å². The molecule has 0 aliphatic heterocycles. The Hall–Kier alpha value is -4.30. The maximum absolute atomic E-state index is 12.8. The number of carbonyl (C=O) groups is 5. The summed E-state index contributed by atoms with van der Waals surface area (Å²) in [6.07, 6.45) is 1.95. The lowest BCUT2D eigenvalue weighted by Gasteiger charge is -2.24. The first-order valence-electron chi connectivity index (χ1n) is 11.3. The van der Waals surface area contributed by atoms with E-state index in [0.717, 1.165) is 5.56 Å². The number of hydrogen-bond donors (Lipinski definition) is 8. The normalized spacial score (nSPS) is 14.0. The van der Waals surface area contributed by atoms with Crippen LogP contribution in [0.1, 0.15) is 24.1 Å². The average molecular weight is 519 g/mol. The highest BCUT2D eigenvalue weighted by atomic mass is 16.4. The number of imidazole rings is 1. The van der Waals surface area contributed by atoms with Gasteiger partial charge in [0.25, 0.3) is 0 Å². The SMILES string of the molecule is NC(Cc1ccccc1)C(=O)NC(CCC(=O)O)C(=O)NC(CO)C(=O)NC(Cc1cnc[nH]1)C(=O)O. The number of carbonyl (C=O) groups excluding carboxylic acids is 3. The lowest BCUT2D eigenvalue weighted by atomic mass is 10.0. The van der Waals surface area contributed by atoms with Crippen LogP contribution in [-0.2, 0) is 36.8 Å². The molecule has 37 heavy (non-hydrogen) atoms. The first kappa shape index (κ1) is 28.9. The summed E-state index contributed by atoms with van der Waals surface area (Å²) < 4.78 is 0. The topological polar surface area (TPSA) is 237 Å². The number of aromatic nitrogens is 2. The van der Waals surface area contributed by atoms with Crippen molar-refractivity contribution in [3.05, 3.63) is 54.1 Å². The van der Waals surface area contributed by atoms with Crippen molar-refractivity contribution in [2.45, 2.75) is 49.9 Å². The van der Waals surface area contributed by atoms with Gasteiger partial charge in [0.1, 0.15) is 18.1 Å². The number of aliphatic carboxylic acids is 2. The van der Waals surface area contributed by atoms with Gasteiger partial charge in [0.2, 0.25) is 17.7 Å². The minimum Gasteiger partial charge on any atom is -0.481 e. The molecule has 0 fully saturated rings. The number of nitrogens with two attached hydrogens (primary N) is 1. The number of rotatable bonds is 15. The molecule has 0 spiro atoms. The van der Waals surface area contributed by atoms with Crippen molar-refractivity contribution in [2.24, 2.45) is 5.73 Å². The molecule has 0 saturated carbocycles. The van der Waals surface area contributed by atoms with Gasteiger partial charge in [-0.3, -0.25) is 19.2 Å². The molecular weight excluding hydrogens is 488 g/mol. The number of amides is 3. The fourth-order valence-electron chi connectivity index (χ4n) is 3.33. The first-order valence-corrected chi connectivity index (χ1v) is 11.3. The van der Waals surface area contributed by atoms with Crippen LogP contribution in [0.4, 0.5) is 0 Å². The summed E-state index contributed by atoms with van der Waals surface area (Å²) in [4.78, 5) is 67.1. The Balaban J connectivity index is 2.04. The van der Waals surface area contributed by atoms with Gasteiger partial charge in [0.15, 0.2) is 0 Å². The molecule has 9 N–H and O–H groups in total. The van der Waals surface area contributed by atoms with Gasteiger partial charge in [-0.25, -0.2) is 9.78 Å². The van der Waals surface area contributed by atoms with Crippen LogP contribution in [0, 0.1) is 0 Å². The van der Waals surface area contributed by atoms with E-state index in [2.05, 4.69) is 25.9 Å². The number of aliphatic hydroxyl groups excluding tert-OH is 1. The van der Waals surface area contributed by atoms with E-state index in [1.165, 1.54) is 12.5 Å². The zero-order valence-electron chi connectivity index (χ0n) is 19.8. The van der Waals surface area contributed by atoms with Crippen molar-refractivity contribution in [1.29, 1.82) is 0 Å². The van der Waals surface area contributed by atoms with Gasteiger partial charge in [-0.05, 0) is 18.4 Å². The second-order valence-corrected chi connectivity index (χ2v) is 8.21. The van der Waals surface area contributed by atoms with Gasteiger partial charge in [-0.1, -0.05) is 30.3 Å². The molecule has 1 aromatic carbocycles. The van der Waals surface area contributed by atoms with Crippen LogP contribution in [0.2, 0.25) is 0 Å². The van der Waals surface area contributed by atoms with Gasteiger partial charge >= 0.3 is 11.9 Å². The number of carboxylic acid groups (broad SMARTS) is 2. The number of nitrogens with one attached hydrogen (secondary N) is 4. The van der Waals surface area contributed by atoms with Crippen molar-refractivity contribution < 1.29 is 39.3 Å². The molecule has 0 aliphatic rings. The van der Waals surface area contributed by atoms with Gasteiger partial charge in [-0.2, -0.15) is 0 Å². The van der Waals surface area contributed by atoms with Crippen molar-refractivity contribution in [3.8, 4) is 0 Å². The molecule has 0 aliphatic carbocycles. The zero-order chi connectivity index (χ0) is 27.4. The maximum atomic E-state index is 12.8. The summed E-state index contributed by atoms with van der Waals surface area (Å²) in [6.45, 7) is -0.888. The van der Waals surface area contributed by atoms with E-state index < -0.39 is 66.9 Å². The fourth-order valence-corrected chi connectivity index (χ4v) is 3.33. The Morgan fingerprint density at radius 2 is 1.51 bits per heavy atom. The average Bonchev–Trinajstić information content (AvgIpc) is 3.37. The maximum Gasteiger partial charge on any atom is 0.326 e. The van der Waals surface area contributed by atoms with Gasteiger partial charge in [-0.15, -0.1) is 0 Å². The Bertz CT molecular complexity index is 1060. The number of hydrogen-bond acceptors (Lipinski definition) is 8. The lowest BCUT2D eigenvalue weighted by molar-refractivity contribution is -0.142. The lowest BCUT2D eigenvalue weighted by Crippen LogP contribution is -2.58. The van der Waals surface area contributed by atoms with Crippen LogP contribution < -0.4 is 21.7 Å². The highest BCUT2D eigenvalue weighted by molar-refractivity contribution is 5.94. The predicted octanol–water partition coefficient (Wildman–Crippen LogP) is -2.08. The molecule has 3 amide bonds. The Morgan fingerprint density at radius 1 is 0.892 bits per heavy atom. The quantitative estimate of drug-likeness (QED) is 0.128. The second-order valence-electron chi connectivity index (χ2n) is 8.21. The van der Waals surface area contributed by atoms with E-state index in [-0.39, 0.29) is 19.3 Å². The Kier molecular flexibility index (Phi) is 11.2.